The van der Waals surface area contributed by atoms with E-state index in [1.165, 1.54) is 5.56 Å². The molecule has 2 unspecified atom stereocenters. The van der Waals surface area contributed by atoms with Crippen molar-refractivity contribution in [1.29, 1.82) is 0 Å². The fourth-order valence-corrected chi connectivity index (χ4v) is 2.59. The SMILES string of the molecule is CC(N)C(c1ccc(Cl)cc1)N(C)Cc1ccccn1. The number of rotatable bonds is 5. The maximum absolute atomic E-state index is 6.17. The summed E-state index contributed by atoms with van der Waals surface area (Å²) in [7, 11) is 2.07. The molecule has 106 valence electrons. The lowest BCUT2D eigenvalue weighted by Crippen LogP contribution is -2.37. The highest BCUT2D eigenvalue weighted by atomic mass is 35.5. The minimum absolute atomic E-state index is 0.0184. The van der Waals surface area contributed by atoms with Crippen molar-refractivity contribution < 1.29 is 0 Å². The summed E-state index contributed by atoms with van der Waals surface area (Å²) in [6.07, 6.45) is 1.81. The van der Waals surface area contributed by atoms with Crippen molar-refractivity contribution in [2.24, 2.45) is 5.73 Å². The molecule has 1 aromatic carbocycles. The quantitative estimate of drug-likeness (QED) is 0.919. The van der Waals surface area contributed by atoms with Crippen LogP contribution in [0.1, 0.15) is 24.2 Å². The predicted octanol–water partition coefficient (Wildman–Crippen LogP) is 3.26. The van der Waals surface area contributed by atoms with E-state index in [0.717, 1.165) is 17.3 Å². The third-order valence-electron chi connectivity index (χ3n) is 3.32. The monoisotopic (exact) mass is 289 g/mol. The molecule has 0 aliphatic heterocycles. The molecule has 3 nitrogen and oxygen atoms in total. The van der Waals surface area contributed by atoms with Crippen molar-refractivity contribution in [2.45, 2.75) is 25.6 Å². The topological polar surface area (TPSA) is 42.1 Å². The van der Waals surface area contributed by atoms with Gasteiger partial charge in [-0.15, -0.1) is 0 Å². The number of nitrogens with two attached hydrogens (primary N) is 1. The highest BCUT2D eigenvalue weighted by Gasteiger charge is 2.21. The first kappa shape index (κ1) is 15.0. The summed E-state index contributed by atoms with van der Waals surface area (Å²) < 4.78 is 0. The lowest BCUT2D eigenvalue weighted by molar-refractivity contribution is 0.208. The molecule has 20 heavy (non-hydrogen) atoms. The largest absolute Gasteiger partial charge is 0.326 e. The van der Waals surface area contributed by atoms with Gasteiger partial charge in [-0.1, -0.05) is 29.8 Å². The van der Waals surface area contributed by atoms with Crippen LogP contribution in [0.4, 0.5) is 0 Å². The average Bonchev–Trinajstić information content (AvgIpc) is 2.42. The first-order valence-electron chi connectivity index (χ1n) is 6.69. The molecule has 0 aliphatic carbocycles. The van der Waals surface area contributed by atoms with Crippen LogP contribution in [-0.4, -0.2) is 23.0 Å². The average molecular weight is 290 g/mol. The van der Waals surface area contributed by atoms with Crippen LogP contribution in [0.25, 0.3) is 0 Å². The minimum atomic E-state index is 0.0184. The molecule has 2 aromatic rings. The van der Waals surface area contributed by atoms with Gasteiger partial charge in [0.2, 0.25) is 0 Å². The Morgan fingerprint density at radius 2 is 1.90 bits per heavy atom. The number of benzene rings is 1. The molecule has 0 spiro atoms. The van der Waals surface area contributed by atoms with E-state index >= 15 is 0 Å². The smallest absolute Gasteiger partial charge is 0.0544 e. The van der Waals surface area contributed by atoms with E-state index in [0.29, 0.717) is 0 Å². The molecule has 0 aliphatic rings. The van der Waals surface area contributed by atoms with Crippen molar-refractivity contribution in [3.63, 3.8) is 0 Å². The maximum Gasteiger partial charge on any atom is 0.0544 e. The number of halogens is 1. The molecule has 2 atom stereocenters. The van der Waals surface area contributed by atoms with E-state index in [-0.39, 0.29) is 12.1 Å². The Hall–Kier alpha value is -1.42. The molecule has 0 radical (unpaired) electrons. The van der Waals surface area contributed by atoms with Crippen LogP contribution >= 0.6 is 11.6 Å². The van der Waals surface area contributed by atoms with Gasteiger partial charge in [0, 0.05) is 29.8 Å². The second-order valence-corrected chi connectivity index (χ2v) is 5.53. The van der Waals surface area contributed by atoms with Gasteiger partial charge >= 0.3 is 0 Å². The molecule has 4 heteroatoms. The lowest BCUT2D eigenvalue weighted by Gasteiger charge is -2.31. The van der Waals surface area contributed by atoms with Gasteiger partial charge in [-0.3, -0.25) is 9.88 Å². The number of likely N-dealkylation sites (N-methyl/N-ethyl adjacent to an activating group) is 1. The van der Waals surface area contributed by atoms with Gasteiger partial charge in [-0.05, 0) is 43.8 Å². The van der Waals surface area contributed by atoms with Crippen LogP contribution in [-0.2, 0) is 6.54 Å². The van der Waals surface area contributed by atoms with Crippen molar-refractivity contribution >= 4 is 11.6 Å². The van der Waals surface area contributed by atoms with Gasteiger partial charge in [0.25, 0.3) is 0 Å². The zero-order valence-corrected chi connectivity index (χ0v) is 12.6. The highest BCUT2D eigenvalue weighted by Crippen LogP contribution is 2.25. The molecule has 0 saturated carbocycles. The number of hydrogen-bond acceptors (Lipinski definition) is 3. The first-order valence-corrected chi connectivity index (χ1v) is 7.07. The summed E-state index contributed by atoms with van der Waals surface area (Å²) in [5.41, 5.74) is 8.37. The Balaban J connectivity index is 2.18. The van der Waals surface area contributed by atoms with E-state index in [2.05, 4.69) is 16.9 Å². The van der Waals surface area contributed by atoms with E-state index in [1.807, 2.05) is 55.6 Å². The fourth-order valence-electron chi connectivity index (χ4n) is 2.46. The van der Waals surface area contributed by atoms with Gasteiger partial charge in [-0.2, -0.15) is 0 Å². The first-order chi connectivity index (χ1) is 9.58. The van der Waals surface area contributed by atoms with Crippen LogP contribution in [0, 0.1) is 0 Å². The second-order valence-electron chi connectivity index (χ2n) is 5.09. The van der Waals surface area contributed by atoms with Crippen LogP contribution in [0.15, 0.2) is 48.7 Å². The Kier molecular flexibility index (Phi) is 5.12. The van der Waals surface area contributed by atoms with Gasteiger partial charge in [0.05, 0.1) is 5.69 Å². The standard InChI is InChI=1S/C16H20ClN3/c1-12(18)16(13-6-8-14(17)9-7-13)20(2)11-15-5-3-4-10-19-15/h3-10,12,16H,11,18H2,1-2H3. The van der Waals surface area contributed by atoms with E-state index in [1.54, 1.807) is 0 Å². The molecule has 2 N–H and O–H groups in total. The molecule has 1 aromatic heterocycles. The van der Waals surface area contributed by atoms with Crippen LogP contribution in [0.2, 0.25) is 5.02 Å². The molecule has 0 bridgehead atoms. The summed E-state index contributed by atoms with van der Waals surface area (Å²) in [5, 5.41) is 0.740. The van der Waals surface area contributed by atoms with Crippen LogP contribution in [0.3, 0.4) is 0 Å². The van der Waals surface area contributed by atoms with Crippen LogP contribution in [0.5, 0.6) is 0 Å². The number of nitrogens with zero attached hydrogens (tertiary/aromatic N) is 2. The third kappa shape index (κ3) is 3.79. The Labute approximate surface area is 125 Å². The minimum Gasteiger partial charge on any atom is -0.326 e. The van der Waals surface area contributed by atoms with Gasteiger partial charge in [-0.25, -0.2) is 0 Å². The number of pyridine rings is 1. The second kappa shape index (κ2) is 6.84. The third-order valence-corrected chi connectivity index (χ3v) is 3.57. The molecular formula is C16H20ClN3. The maximum atomic E-state index is 6.17. The predicted molar refractivity (Wildman–Crippen MR) is 83.5 cm³/mol. The summed E-state index contributed by atoms with van der Waals surface area (Å²) in [4.78, 5) is 6.58. The molecule has 1 heterocycles. The molecule has 0 saturated heterocycles. The summed E-state index contributed by atoms with van der Waals surface area (Å²) >= 11 is 5.95. The summed E-state index contributed by atoms with van der Waals surface area (Å²) in [5.74, 6) is 0. The number of aromatic nitrogens is 1. The van der Waals surface area contributed by atoms with E-state index in [9.17, 15) is 0 Å². The lowest BCUT2D eigenvalue weighted by atomic mass is 9.99. The van der Waals surface area contributed by atoms with Crippen molar-refractivity contribution in [3.05, 3.63) is 64.9 Å². The van der Waals surface area contributed by atoms with Gasteiger partial charge < -0.3 is 5.73 Å². The summed E-state index contributed by atoms with van der Waals surface area (Å²) in [6, 6.07) is 14.0. The zero-order valence-electron chi connectivity index (χ0n) is 11.8. The zero-order chi connectivity index (χ0) is 14.5. The van der Waals surface area contributed by atoms with Crippen molar-refractivity contribution in [1.82, 2.24) is 9.88 Å². The van der Waals surface area contributed by atoms with Crippen molar-refractivity contribution in [3.8, 4) is 0 Å². The van der Waals surface area contributed by atoms with Crippen molar-refractivity contribution in [2.75, 3.05) is 7.05 Å². The summed E-state index contributed by atoms with van der Waals surface area (Å²) in [6.45, 7) is 2.78. The normalized spacial score (nSPS) is 14.2. The Morgan fingerprint density at radius 3 is 2.45 bits per heavy atom. The van der Waals surface area contributed by atoms with Crippen LogP contribution < -0.4 is 5.73 Å². The Bertz CT molecular complexity index is 525. The molecular weight excluding hydrogens is 270 g/mol. The molecule has 0 amide bonds. The number of hydrogen-bond donors (Lipinski definition) is 1. The van der Waals surface area contributed by atoms with Gasteiger partial charge in [0.1, 0.15) is 0 Å². The molecule has 2 rings (SSSR count). The highest BCUT2D eigenvalue weighted by molar-refractivity contribution is 6.30. The molecule has 0 fully saturated rings. The fraction of sp³-hybridized carbons (Fsp3) is 0.312. The van der Waals surface area contributed by atoms with E-state index < -0.39 is 0 Å². The Morgan fingerprint density at radius 1 is 1.20 bits per heavy atom. The van der Waals surface area contributed by atoms with E-state index in [4.69, 9.17) is 17.3 Å². The van der Waals surface area contributed by atoms with Gasteiger partial charge in [0.15, 0.2) is 0 Å².